The van der Waals surface area contributed by atoms with E-state index in [-0.39, 0.29) is 23.1 Å². The fourth-order valence-electron chi connectivity index (χ4n) is 2.25. The lowest BCUT2D eigenvalue weighted by molar-refractivity contribution is 0.0749. The first-order chi connectivity index (χ1) is 11.5. The number of rotatable bonds is 7. The Hall–Kier alpha value is -2.57. The Morgan fingerprint density at radius 3 is 2.38 bits per heavy atom. The van der Waals surface area contributed by atoms with E-state index in [0.29, 0.717) is 13.1 Å². The first-order valence-electron chi connectivity index (χ1n) is 7.88. The van der Waals surface area contributed by atoms with Gasteiger partial charge in [0.25, 0.3) is 5.91 Å². The van der Waals surface area contributed by atoms with Gasteiger partial charge in [-0.3, -0.25) is 4.79 Å². The summed E-state index contributed by atoms with van der Waals surface area (Å²) in [7, 11) is 0. The molecule has 1 N–H and O–H groups in total. The number of halogens is 2. The zero-order valence-electron chi connectivity index (χ0n) is 13.7. The van der Waals surface area contributed by atoms with Gasteiger partial charge < -0.3 is 10.2 Å². The molecule has 0 aliphatic heterocycles. The average Bonchev–Trinajstić information content (AvgIpc) is 2.57. The van der Waals surface area contributed by atoms with Crippen LogP contribution in [0.1, 0.15) is 37.2 Å². The highest BCUT2D eigenvalue weighted by Crippen LogP contribution is 2.19. The lowest BCUT2D eigenvalue weighted by Gasteiger charge is -2.20. The molecule has 1 amide bonds. The fourth-order valence-corrected chi connectivity index (χ4v) is 2.25. The third-order valence-electron chi connectivity index (χ3n) is 3.34. The van der Waals surface area contributed by atoms with Crippen molar-refractivity contribution < 1.29 is 13.6 Å². The number of carbonyl (C=O) groups is 1. The van der Waals surface area contributed by atoms with Crippen LogP contribution < -0.4 is 5.32 Å². The van der Waals surface area contributed by atoms with E-state index in [1.54, 1.807) is 4.90 Å². The topological polar surface area (TPSA) is 58.1 Å². The molecule has 0 bridgehead atoms. The molecule has 24 heavy (non-hydrogen) atoms. The zero-order chi connectivity index (χ0) is 17.5. The number of hydrogen-bond donors (Lipinski definition) is 1. The van der Waals surface area contributed by atoms with Crippen molar-refractivity contribution in [1.29, 1.82) is 0 Å². The van der Waals surface area contributed by atoms with Crippen LogP contribution >= 0.6 is 0 Å². The maximum absolute atomic E-state index is 13.6. The summed E-state index contributed by atoms with van der Waals surface area (Å²) in [6, 6.07) is 3.20. The van der Waals surface area contributed by atoms with Gasteiger partial charge in [0.15, 0.2) is 0 Å². The first kappa shape index (κ1) is 17.8. The van der Waals surface area contributed by atoms with Crippen molar-refractivity contribution in [2.45, 2.75) is 26.7 Å². The normalized spacial score (nSPS) is 10.5. The molecule has 0 spiro atoms. The van der Waals surface area contributed by atoms with Crippen molar-refractivity contribution >= 4 is 17.4 Å². The van der Waals surface area contributed by atoms with Crippen LogP contribution in [0.5, 0.6) is 0 Å². The van der Waals surface area contributed by atoms with Crippen molar-refractivity contribution in [3.8, 4) is 0 Å². The standard InChI is InChI=1S/C17H20F2N4O/c1-3-7-23(8-4-2)17(24)15-10-21-16(11-20-15)22-14-6-5-12(18)9-13(14)19/h5-6,9-11H,3-4,7-8H2,1-2H3,(H,21,22). The zero-order valence-corrected chi connectivity index (χ0v) is 13.7. The lowest BCUT2D eigenvalue weighted by Crippen LogP contribution is -2.33. The van der Waals surface area contributed by atoms with Gasteiger partial charge in [0.05, 0.1) is 18.1 Å². The predicted octanol–water partition coefficient (Wildman–Crippen LogP) is 3.76. The maximum atomic E-state index is 13.6. The molecule has 7 heteroatoms. The smallest absolute Gasteiger partial charge is 0.274 e. The van der Waals surface area contributed by atoms with Crippen molar-refractivity contribution in [2.75, 3.05) is 18.4 Å². The van der Waals surface area contributed by atoms with E-state index in [0.717, 1.165) is 25.0 Å². The van der Waals surface area contributed by atoms with Crippen LogP contribution in [-0.4, -0.2) is 33.9 Å². The summed E-state index contributed by atoms with van der Waals surface area (Å²) in [5.41, 5.74) is 0.324. The Balaban J connectivity index is 2.10. The molecule has 0 fully saturated rings. The van der Waals surface area contributed by atoms with Gasteiger partial charge in [0.2, 0.25) is 0 Å². The van der Waals surface area contributed by atoms with E-state index in [1.165, 1.54) is 18.5 Å². The Morgan fingerprint density at radius 1 is 1.12 bits per heavy atom. The van der Waals surface area contributed by atoms with Gasteiger partial charge in [-0.25, -0.2) is 18.7 Å². The van der Waals surface area contributed by atoms with Crippen LogP contribution in [0, 0.1) is 11.6 Å². The predicted molar refractivity (Wildman–Crippen MR) is 88.2 cm³/mol. The van der Waals surface area contributed by atoms with Gasteiger partial charge in [-0.15, -0.1) is 0 Å². The summed E-state index contributed by atoms with van der Waals surface area (Å²) >= 11 is 0. The minimum Gasteiger partial charge on any atom is -0.337 e. The lowest BCUT2D eigenvalue weighted by atomic mass is 10.3. The van der Waals surface area contributed by atoms with Crippen molar-refractivity contribution in [1.82, 2.24) is 14.9 Å². The molecule has 5 nitrogen and oxygen atoms in total. The molecule has 2 aromatic rings. The van der Waals surface area contributed by atoms with Crippen LogP contribution in [-0.2, 0) is 0 Å². The first-order valence-corrected chi connectivity index (χ1v) is 7.88. The molecule has 0 radical (unpaired) electrons. The molecule has 1 heterocycles. The van der Waals surface area contributed by atoms with Crippen LogP contribution in [0.15, 0.2) is 30.6 Å². The van der Waals surface area contributed by atoms with Crippen LogP contribution in [0.25, 0.3) is 0 Å². The van der Waals surface area contributed by atoms with Gasteiger partial charge in [-0.05, 0) is 25.0 Å². The number of carbonyl (C=O) groups excluding carboxylic acids is 1. The molecule has 1 aromatic heterocycles. The number of nitrogens with one attached hydrogen (secondary N) is 1. The Morgan fingerprint density at radius 2 is 1.83 bits per heavy atom. The summed E-state index contributed by atoms with van der Waals surface area (Å²) < 4.78 is 26.5. The quantitative estimate of drug-likeness (QED) is 0.837. The average molecular weight is 334 g/mol. The molecule has 128 valence electrons. The summed E-state index contributed by atoms with van der Waals surface area (Å²) in [4.78, 5) is 22.3. The van der Waals surface area contributed by atoms with E-state index >= 15 is 0 Å². The van der Waals surface area contributed by atoms with E-state index in [4.69, 9.17) is 0 Å². The Kier molecular flexibility index (Phi) is 6.17. The van der Waals surface area contributed by atoms with E-state index in [9.17, 15) is 13.6 Å². The van der Waals surface area contributed by atoms with Gasteiger partial charge in [0, 0.05) is 19.2 Å². The van der Waals surface area contributed by atoms with Crippen LogP contribution in [0.3, 0.4) is 0 Å². The van der Waals surface area contributed by atoms with E-state index in [1.807, 2.05) is 13.8 Å². The second kappa shape index (κ2) is 8.33. The summed E-state index contributed by atoms with van der Waals surface area (Å²) in [6.45, 7) is 5.34. The number of aromatic nitrogens is 2. The highest BCUT2D eigenvalue weighted by atomic mass is 19.1. The second-order valence-corrected chi connectivity index (χ2v) is 5.33. The van der Waals surface area contributed by atoms with Crippen LogP contribution in [0.2, 0.25) is 0 Å². The van der Waals surface area contributed by atoms with E-state index in [2.05, 4.69) is 15.3 Å². The number of hydrogen-bond acceptors (Lipinski definition) is 4. The molecule has 2 rings (SSSR count). The summed E-state index contributed by atoms with van der Waals surface area (Å²) in [5.74, 6) is -1.29. The Labute approximate surface area is 139 Å². The molecule has 0 saturated carbocycles. The fraction of sp³-hybridized carbons (Fsp3) is 0.353. The molecule has 0 aliphatic rings. The number of benzene rings is 1. The van der Waals surface area contributed by atoms with Crippen molar-refractivity contribution in [3.63, 3.8) is 0 Å². The summed E-state index contributed by atoms with van der Waals surface area (Å²) in [6.07, 6.45) is 4.43. The number of amides is 1. The maximum Gasteiger partial charge on any atom is 0.274 e. The SMILES string of the molecule is CCCN(CCC)C(=O)c1cnc(Nc2ccc(F)cc2F)cn1. The minimum absolute atomic E-state index is 0.0865. The molecular formula is C17H20F2N4O. The summed E-state index contributed by atoms with van der Waals surface area (Å²) in [5, 5.41) is 2.70. The second-order valence-electron chi connectivity index (χ2n) is 5.33. The van der Waals surface area contributed by atoms with Crippen LogP contribution in [0.4, 0.5) is 20.3 Å². The number of anilines is 2. The molecule has 0 atom stereocenters. The van der Waals surface area contributed by atoms with Gasteiger partial charge >= 0.3 is 0 Å². The molecule has 1 aromatic carbocycles. The van der Waals surface area contributed by atoms with Gasteiger partial charge in [-0.2, -0.15) is 0 Å². The molecule has 0 saturated heterocycles. The largest absolute Gasteiger partial charge is 0.337 e. The highest BCUT2D eigenvalue weighted by Gasteiger charge is 2.16. The highest BCUT2D eigenvalue weighted by molar-refractivity contribution is 5.92. The Bertz CT molecular complexity index is 685. The third kappa shape index (κ3) is 4.47. The minimum atomic E-state index is -0.728. The monoisotopic (exact) mass is 334 g/mol. The van der Waals surface area contributed by atoms with E-state index < -0.39 is 11.6 Å². The molecular weight excluding hydrogens is 314 g/mol. The third-order valence-corrected chi connectivity index (χ3v) is 3.34. The van der Waals surface area contributed by atoms with Crippen molar-refractivity contribution in [2.24, 2.45) is 0 Å². The number of nitrogens with zero attached hydrogens (tertiary/aromatic N) is 3. The van der Waals surface area contributed by atoms with Crippen molar-refractivity contribution in [3.05, 3.63) is 47.9 Å². The van der Waals surface area contributed by atoms with Gasteiger partial charge in [-0.1, -0.05) is 13.8 Å². The van der Waals surface area contributed by atoms with Gasteiger partial charge in [0.1, 0.15) is 23.1 Å². The molecule has 0 unspecified atom stereocenters. The molecule has 0 aliphatic carbocycles.